The standard InChI is InChI=1S/C83H156N3O18P/c1-8-14-20-26-32-35-41-44-50-56-68(100-77(91)59-53-47-38-29-23-17-11-4)62-74(88)84-65-71-80(86-76(90)64-70(58-52-46-43-37-34-28-22-16-10-3)102-79(93)61-55-49-40-31-25-19-13-6)81(104-105(95,96)97)73(66-87)103-83(71)99-67-72(82(94)98-7)85-75(89)63-69(57-51-45-42-36-33-27-21-15-9-2)101-78(92)60-54-48-39-30-24-18-12-5/h68-73,80-81,83,87H,8-67H2,1-7H3,(H,84,88)(H,85,89)(H,86,90)(H2,95,96,97)/t68-,69-,70-,71?,72+,73?,80?,81-,83-/m1/s1. The summed E-state index contributed by atoms with van der Waals surface area (Å²) < 4.78 is 54.6. The highest BCUT2D eigenvalue weighted by atomic mass is 31.2. The number of unbranched alkanes of at least 4 members (excludes halogenated alkanes) is 42. The van der Waals surface area contributed by atoms with E-state index in [1.165, 1.54) is 77.0 Å². The van der Waals surface area contributed by atoms with Gasteiger partial charge >= 0.3 is 31.7 Å². The van der Waals surface area contributed by atoms with Crippen LogP contribution >= 0.6 is 7.82 Å². The third-order valence-corrected chi connectivity index (χ3v) is 20.9. The molecule has 105 heavy (non-hydrogen) atoms. The first-order valence-electron chi connectivity index (χ1n) is 43.0. The average Bonchev–Trinajstić information content (AvgIpc) is 0.782. The molecule has 1 saturated heterocycles. The molecule has 0 aromatic carbocycles. The Morgan fingerprint density at radius 2 is 0.724 bits per heavy atom. The molecule has 6 N–H and O–H groups in total. The summed E-state index contributed by atoms with van der Waals surface area (Å²) in [5.41, 5.74) is 0. The number of phosphoric acid groups is 1. The molecule has 21 nitrogen and oxygen atoms in total. The number of carbonyl (C=O) groups is 7. The summed E-state index contributed by atoms with van der Waals surface area (Å²) in [5.74, 6) is -5.39. The maximum atomic E-state index is 14.8. The smallest absolute Gasteiger partial charge is 0.467 e. The third kappa shape index (κ3) is 56.2. The third-order valence-electron chi connectivity index (χ3n) is 20.4. The predicted molar refractivity (Wildman–Crippen MR) is 418 cm³/mol. The lowest BCUT2D eigenvalue weighted by Gasteiger charge is -2.46. The largest absolute Gasteiger partial charge is 0.470 e. The zero-order valence-electron chi connectivity index (χ0n) is 67.5. The number of hydrogen-bond acceptors (Lipinski definition) is 16. The van der Waals surface area contributed by atoms with Crippen molar-refractivity contribution >= 4 is 49.4 Å². The quantitative estimate of drug-likeness (QED) is 0.0143. The minimum Gasteiger partial charge on any atom is -0.467 e. The minimum atomic E-state index is -5.47. The van der Waals surface area contributed by atoms with Crippen molar-refractivity contribution in [1.82, 2.24) is 16.0 Å². The number of nitrogens with one attached hydrogen (secondary N) is 3. The Morgan fingerprint density at radius 1 is 0.419 bits per heavy atom. The molecule has 3 amide bonds. The molecule has 0 bridgehead atoms. The van der Waals surface area contributed by atoms with Gasteiger partial charge in [-0.15, -0.1) is 0 Å². The number of ether oxygens (including phenoxy) is 6. The second-order valence-corrected chi connectivity index (χ2v) is 31.4. The van der Waals surface area contributed by atoms with Gasteiger partial charge in [0.25, 0.3) is 0 Å². The molecule has 0 aliphatic carbocycles. The van der Waals surface area contributed by atoms with Gasteiger partial charge in [-0.1, -0.05) is 311 Å². The Bertz CT molecular complexity index is 2210. The number of carbonyl (C=O) groups excluding carboxylic acids is 7. The summed E-state index contributed by atoms with van der Waals surface area (Å²) in [6.45, 7) is 11.1. The molecule has 0 aromatic heterocycles. The van der Waals surface area contributed by atoms with E-state index >= 15 is 0 Å². The highest BCUT2D eigenvalue weighted by Gasteiger charge is 2.50. The van der Waals surface area contributed by atoms with Crippen LogP contribution in [0.2, 0.25) is 0 Å². The fourth-order valence-electron chi connectivity index (χ4n) is 14.0. The molecular weight excluding hydrogens is 1360 g/mol. The molecule has 616 valence electrons. The van der Waals surface area contributed by atoms with Gasteiger partial charge < -0.3 is 59.3 Å². The van der Waals surface area contributed by atoms with Crippen LogP contribution in [0.4, 0.5) is 0 Å². The van der Waals surface area contributed by atoms with Crippen LogP contribution in [0.3, 0.4) is 0 Å². The Balaban J connectivity index is 3.85. The molecule has 1 aliphatic rings. The minimum absolute atomic E-state index is 0.166. The van der Waals surface area contributed by atoms with Crippen LogP contribution in [-0.2, 0) is 71.1 Å². The van der Waals surface area contributed by atoms with E-state index in [0.29, 0.717) is 57.8 Å². The van der Waals surface area contributed by atoms with Gasteiger partial charge in [0.1, 0.15) is 30.5 Å². The monoisotopic (exact) mass is 1510 g/mol. The fourth-order valence-corrected chi connectivity index (χ4v) is 14.6. The van der Waals surface area contributed by atoms with E-state index in [9.17, 15) is 53.0 Å². The topological polar surface area (TPSA) is 298 Å². The predicted octanol–water partition coefficient (Wildman–Crippen LogP) is 19.2. The van der Waals surface area contributed by atoms with Gasteiger partial charge in [-0.05, 0) is 57.8 Å². The Labute approximate surface area is 637 Å². The Kier molecular flexibility index (Phi) is 64.6. The van der Waals surface area contributed by atoms with Gasteiger partial charge in [0.15, 0.2) is 12.3 Å². The molecule has 3 unspecified atom stereocenters. The highest BCUT2D eigenvalue weighted by Crippen LogP contribution is 2.43. The first-order valence-corrected chi connectivity index (χ1v) is 44.5. The Hall–Kier alpha value is -3.72. The number of phosphoric ester groups is 1. The van der Waals surface area contributed by atoms with Crippen LogP contribution < -0.4 is 16.0 Å². The van der Waals surface area contributed by atoms with Crippen LogP contribution in [0.25, 0.3) is 0 Å². The number of hydrogen-bond donors (Lipinski definition) is 6. The SMILES string of the molecule is CCCCCCCCCCC[C@H](CC(=O)NCC1C(NC(=O)C[C@@H](CCCCCCCCCCC)OC(=O)CCCCCCCCC)[C@H](OP(=O)(O)O)C(CO)O[C@H]1OC[C@H](NC(=O)C[C@@H](CCCCCCCCCCC)OC(=O)CCCCCCCCC)C(=O)OC)OC(=O)CCCCCCCCC. The summed E-state index contributed by atoms with van der Waals surface area (Å²) >= 11 is 0. The van der Waals surface area contributed by atoms with E-state index in [2.05, 4.69) is 57.5 Å². The molecule has 0 aromatic rings. The van der Waals surface area contributed by atoms with Crippen molar-refractivity contribution in [2.24, 2.45) is 5.92 Å². The molecule has 1 aliphatic heterocycles. The summed E-state index contributed by atoms with van der Waals surface area (Å²) in [7, 11) is -4.33. The molecule has 0 spiro atoms. The highest BCUT2D eigenvalue weighted by molar-refractivity contribution is 7.46. The van der Waals surface area contributed by atoms with Crippen molar-refractivity contribution in [1.29, 1.82) is 0 Å². The van der Waals surface area contributed by atoms with E-state index < -0.39 is 124 Å². The lowest BCUT2D eigenvalue weighted by Crippen LogP contribution is -2.65. The molecule has 22 heteroatoms. The molecule has 1 rings (SSSR count). The lowest BCUT2D eigenvalue weighted by atomic mass is 9.87. The van der Waals surface area contributed by atoms with E-state index in [0.717, 1.165) is 200 Å². The van der Waals surface area contributed by atoms with Gasteiger partial charge in [0, 0.05) is 25.8 Å². The van der Waals surface area contributed by atoms with E-state index in [4.69, 9.17) is 32.9 Å². The molecule has 0 radical (unpaired) electrons. The number of methoxy groups -OCH3 is 1. The van der Waals surface area contributed by atoms with Gasteiger partial charge in [-0.2, -0.15) is 0 Å². The van der Waals surface area contributed by atoms with Crippen molar-refractivity contribution in [2.75, 3.05) is 26.9 Å². The first kappa shape index (κ1) is 99.3. The van der Waals surface area contributed by atoms with E-state index in [1.54, 1.807) is 0 Å². The van der Waals surface area contributed by atoms with Crippen LogP contribution in [0.5, 0.6) is 0 Å². The van der Waals surface area contributed by atoms with Crippen LogP contribution in [0.15, 0.2) is 0 Å². The second-order valence-electron chi connectivity index (χ2n) is 30.2. The van der Waals surface area contributed by atoms with Crippen molar-refractivity contribution in [3.63, 3.8) is 0 Å². The van der Waals surface area contributed by atoms with Crippen molar-refractivity contribution < 1.29 is 86.0 Å². The fraction of sp³-hybridized carbons (Fsp3) is 0.916. The van der Waals surface area contributed by atoms with E-state index in [1.807, 2.05) is 0 Å². The maximum Gasteiger partial charge on any atom is 0.470 e. The van der Waals surface area contributed by atoms with Crippen LogP contribution in [0, 0.1) is 5.92 Å². The number of aliphatic hydroxyl groups excluding tert-OH is 1. The van der Waals surface area contributed by atoms with Crippen molar-refractivity contribution in [3.05, 3.63) is 0 Å². The first-order chi connectivity index (χ1) is 50.9. The van der Waals surface area contributed by atoms with Crippen LogP contribution in [0.1, 0.15) is 408 Å². The van der Waals surface area contributed by atoms with Gasteiger partial charge in [-0.3, -0.25) is 33.3 Å². The summed E-state index contributed by atoms with van der Waals surface area (Å²) in [5, 5.41) is 19.6. The summed E-state index contributed by atoms with van der Waals surface area (Å²) in [6.07, 6.45) is 43.1. The van der Waals surface area contributed by atoms with Crippen molar-refractivity contribution in [2.45, 2.75) is 456 Å². The number of amides is 3. The van der Waals surface area contributed by atoms with Crippen LogP contribution in [-0.4, -0.2) is 132 Å². The number of aliphatic hydroxyl groups is 1. The summed E-state index contributed by atoms with van der Waals surface area (Å²) in [4.78, 5) is 119. The normalized spacial score (nSPS) is 17.1. The zero-order chi connectivity index (χ0) is 77.2. The van der Waals surface area contributed by atoms with Gasteiger partial charge in [0.2, 0.25) is 17.7 Å². The number of rotatable bonds is 74. The molecular formula is C83H156N3O18P. The Morgan fingerprint density at radius 3 is 1.04 bits per heavy atom. The van der Waals surface area contributed by atoms with Gasteiger partial charge in [-0.25, -0.2) is 9.36 Å². The second kappa shape index (κ2) is 68.3. The summed E-state index contributed by atoms with van der Waals surface area (Å²) in [6, 6.07) is -3.04. The van der Waals surface area contributed by atoms with Gasteiger partial charge in [0.05, 0.1) is 51.5 Å². The van der Waals surface area contributed by atoms with Crippen molar-refractivity contribution in [3.8, 4) is 0 Å². The zero-order valence-corrected chi connectivity index (χ0v) is 68.4. The molecule has 1 fully saturated rings. The lowest BCUT2D eigenvalue weighted by molar-refractivity contribution is -0.261. The molecule has 0 saturated carbocycles. The number of esters is 4. The molecule has 9 atom stereocenters. The molecule has 1 heterocycles. The average molecular weight is 1520 g/mol. The maximum absolute atomic E-state index is 14.8. The van der Waals surface area contributed by atoms with E-state index in [-0.39, 0.29) is 38.5 Å².